The van der Waals surface area contributed by atoms with Crippen molar-refractivity contribution in [3.63, 3.8) is 0 Å². The van der Waals surface area contributed by atoms with Crippen molar-refractivity contribution in [3.05, 3.63) is 53.2 Å². The second-order valence-corrected chi connectivity index (χ2v) is 8.52. The topological polar surface area (TPSA) is 62.2 Å². The van der Waals surface area contributed by atoms with Gasteiger partial charge < -0.3 is 9.47 Å². The van der Waals surface area contributed by atoms with Crippen LogP contribution in [0.1, 0.15) is 19.0 Å². The van der Waals surface area contributed by atoms with Gasteiger partial charge in [-0.15, -0.1) is 10.2 Å². The quantitative estimate of drug-likeness (QED) is 0.289. The van der Waals surface area contributed by atoms with Crippen molar-refractivity contribution in [2.75, 3.05) is 20.0 Å². The molecule has 0 spiro atoms. The average molecular weight is 455 g/mol. The number of aromatic nitrogens is 4. The van der Waals surface area contributed by atoms with Gasteiger partial charge in [-0.1, -0.05) is 42.4 Å². The smallest absolute Gasteiger partial charge is 0.256 e. The molecular weight excluding hydrogens is 432 g/mol. The molecule has 4 rings (SSSR count). The molecule has 0 radical (unpaired) electrons. The lowest BCUT2D eigenvalue weighted by molar-refractivity contribution is -0.598. The summed E-state index contributed by atoms with van der Waals surface area (Å²) in [6.07, 6.45) is 1.05. The fourth-order valence-corrected chi connectivity index (χ4v) is 4.37. The van der Waals surface area contributed by atoms with Gasteiger partial charge in [-0.05, 0) is 49.1 Å². The molecule has 4 aromatic rings. The number of aryl methyl sites for hydroxylation is 1. The van der Waals surface area contributed by atoms with E-state index in [2.05, 4.69) is 28.2 Å². The Morgan fingerprint density at radius 2 is 1.84 bits per heavy atom. The van der Waals surface area contributed by atoms with Crippen molar-refractivity contribution in [1.29, 1.82) is 0 Å². The Balaban J connectivity index is 2.03. The summed E-state index contributed by atoms with van der Waals surface area (Å²) in [5.41, 5.74) is 2.83. The van der Waals surface area contributed by atoms with Gasteiger partial charge in [0.05, 0.1) is 19.9 Å². The molecule has 2 aromatic carbocycles. The highest BCUT2D eigenvalue weighted by Crippen LogP contribution is 2.37. The van der Waals surface area contributed by atoms with Gasteiger partial charge in [0.2, 0.25) is 5.16 Å². The van der Waals surface area contributed by atoms with Crippen LogP contribution < -0.4 is 19.0 Å². The summed E-state index contributed by atoms with van der Waals surface area (Å²) in [7, 11) is 3.27. The fourth-order valence-electron chi connectivity index (χ4n) is 3.55. The van der Waals surface area contributed by atoms with Crippen molar-refractivity contribution in [3.8, 4) is 28.7 Å². The number of hydrogen-bond acceptors (Lipinski definition) is 5. The Morgan fingerprint density at radius 3 is 2.55 bits per heavy atom. The minimum Gasteiger partial charge on any atom is -0.493 e. The third-order valence-corrected chi connectivity index (χ3v) is 6.18. The lowest BCUT2D eigenvalue weighted by atomic mass is 10.0. The molecule has 0 aliphatic carbocycles. The van der Waals surface area contributed by atoms with Crippen LogP contribution in [0.4, 0.5) is 0 Å². The number of nitrogens with zero attached hydrogens (tertiary/aromatic N) is 4. The summed E-state index contributed by atoms with van der Waals surface area (Å²) in [5, 5.41) is 12.0. The summed E-state index contributed by atoms with van der Waals surface area (Å²) in [5.74, 6) is 2.80. The molecule has 0 fully saturated rings. The molecule has 0 unspecified atom stereocenters. The molecule has 0 saturated carbocycles. The van der Waals surface area contributed by atoms with E-state index in [9.17, 15) is 0 Å². The van der Waals surface area contributed by atoms with Gasteiger partial charge in [0.15, 0.2) is 11.5 Å². The zero-order valence-corrected chi connectivity index (χ0v) is 19.4. The molecule has 0 N–H and O–H groups in total. The summed E-state index contributed by atoms with van der Waals surface area (Å²) in [6.45, 7) is 4.16. The Bertz CT molecular complexity index is 1240. The predicted molar refractivity (Wildman–Crippen MR) is 124 cm³/mol. The second-order valence-electron chi connectivity index (χ2n) is 7.02. The summed E-state index contributed by atoms with van der Waals surface area (Å²) >= 11 is 7.96. The monoisotopic (exact) mass is 454 g/mol. The number of hydrogen-bond donors (Lipinski definition) is 0. The third-order valence-electron chi connectivity index (χ3n) is 4.91. The number of thioether (sulfide) groups is 1. The Kier molecular flexibility index (Phi) is 6.34. The number of benzene rings is 2. The molecule has 160 valence electrons. The average Bonchev–Trinajstić information content (AvgIpc) is 3.24. The molecule has 6 nitrogen and oxygen atoms in total. The maximum Gasteiger partial charge on any atom is 0.256 e. The summed E-state index contributed by atoms with van der Waals surface area (Å²) in [6, 6.07) is 13.8. The van der Waals surface area contributed by atoms with E-state index in [1.165, 1.54) is 0 Å². The highest BCUT2D eigenvalue weighted by Gasteiger charge is 2.19. The van der Waals surface area contributed by atoms with Gasteiger partial charge in [-0.3, -0.25) is 4.57 Å². The van der Waals surface area contributed by atoms with Crippen molar-refractivity contribution in [2.45, 2.75) is 25.4 Å². The van der Waals surface area contributed by atoms with Crippen LogP contribution in [-0.2, 0) is 0 Å². The summed E-state index contributed by atoms with van der Waals surface area (Å²) < 4.78 is 13.1. The first-order valence-corrected chi connectivity index (χ1v) is 11.3. The Hall–Kier alpha value is -2.77. The maximum absolute atomic E-state index is 6.35. The minimum absolute atomic E-state index is 0.530. The van der Waals surface area contributed by atoms with Crippen LogP contribution >= 0.6 is 23.4 Å². The lowest BCUT2D eigenvalue weighted by Crippen LogP contribution is -2.39. The molecule has 2 heterocycles. The molecule has 0 aliphatic heterocycles. The first-order valence-electron chi connectivity index (χ1n) is 9.93. The van der Waals surface area contributed by atoms with Crippen molar-refractivity contribution < 1.29 is 14.0 Å². The van der Waals surface area contributed by atoms with Gasteiger partial charge in [0.25, 0.3) is 5.95 Å². The van der Waals surface area contributed by atoms with Crippen molar-refractivity contribution in [1.82, 2.24) is 15.2 Å². The number of fused-ring (bicyclic) bond motifs is 1. The van der Waals surface area contributed by atoms with Crippen LogP contribution in [0.3, 0.4) is 0 Å². The van der Waals surface area contributed by atoms with E-state index in [1.54, 1.807) is 26.0 Å². The Morgan fingerprint density at radius 1 is 1.06 bits per heavy atom. The maximum atomic E-state index is 6.35. The highest BCUT2D eigenvalue weighted by molar-refractivity contribution is 7.99. The SMILES string of the molecule is CCCSc1nnc(-[n+]2c(C)cc3cc(OC)c(OC)cc3c2-c2cccc(Cl)c2)[n-]1. The lowest BCUT2D eigenvalue weighted by Gasteiger charge is -2.19. The molecule has 0 amide bonds. The molecule has 0 saturated heterocycles. The highest BCUT2D eigenvalue weighted by atomic mass is 35.5. The van der Waals surface area contributed by atoms with Crippen LogP contribution in [0.25, 0.3) is 28.0 Å². The van der Waals surface area contributed by atoms with Crippen LogP contribution in [0, 0.1) is 6.92 Å². The van der Waals surface area contributed by atoms with Gasteiger partial charge in [-0.25, -0.2) is 0 Å². The standard InChI is InChI=1S/C23H23ClN4O2S/c1-5-9-31-23-25-22(26-27-23)28-14(2)10-16-12-19(29-3)20(30-4)13-18(16)21(28)15-7-6-8-17(24)11-15/h6-8,10-13H,5,9H2,1-4H3. The Labute approximate surface area is 190 Å². The van der Waals surface area contributed by atoms with Gasteiger partial charge in [-0.2, -0.15) is 4.98 Å². The molecule has 0 bridgehead atoms. The molecule has 8 heteroatoms. The molecule has 31 heavy (non-hydrogen) atoms. The van der Waals surface area contributed by atoms with Crippen molar-refractivity contribution >= 4 is 34.1 Å². The molecular formula is C23H23ClN4O2S. The van der Waals surface area contributed by atoms with E-state index in [0.717, 1.165) is 39.9 Å². The van der Waals surface area contributed by atoms with E-state index in [0.29, 0.717) is 27.6 Å². The zero-order chi connectivity index (χ0) is 22.0. The first kappa shape index (κ1) is 21.5. The minimum atomic E-state index is 0.530. The van der Waals surface area contributed by atoms with Crippen LogP contribution in [-0.4, -0.2) is 30.2 Å². The van der Waals surface area contributed by atoms with E-state index in [-0.39, 0.29) is 0 Å². The number of pyridine rings is 1. The molecule has 0 aliphatic rings. The van der Waals surface area contributed by atoms with Crippen LogP contribution in [0.5, 0.6) is 11.5 Å². The van der Waals surface area contributed by atoms with Crippen LogP contribution in [0.2, 0.25) is 5.02 Å². The second kappa shape index (κ2) is 9.16. The number of ether oxygens (including phenoxy) is 2. The van der Waals surface area contributed by atoms with Gasteiger partial charge >= 0.3 is 0 Å². The van der Waals surface area contributed by atoms with Gasteiger partial charge in [0, 0.05) is 27.4 Å². The van der Waals surface area contributed by atoms with E-state index in [4.69, 9.17) is 21.1 Å². The van der Waals surface area contributed by atoms with Crippen LogP contribution in [0.15, 0.2) is 47.6 Å². The van der Waals surface area contributed by atoms with Crippen molar-refractivity contribution in [2.24, 2.45) is 0 Å². The largest absolute Gasteiger partial charge is 0.493 e. The number of halogens is 1. The first-order chi connectivity index (χ1) is 15.0. The van der Waals surface area contributed by atoms with Gasteiger partial charge in [0.1, 0.15) is 0 Å². The third kappa shape index (κ3) is 4.20. The fraction of sp³-hybridized carbons (Fsp3) is 0.261. The predicted octanol–water partition coefficient (Wildman–Crippen LogP) is 5.01. The summed E-state index contributed by atoms with van der Waals surface area (Å²) in [4.78, 5) is 4.69. The normalized spacial score (nSPS) is 11.1. The number of rotatable bonds is 7. The van der Waals surface area contributed by atoms with E-state index in [1.807, 2.05) is 47.9 Å². The van der Waals surface area contributed by atoms with E-state index >= 15 is 0 Å². The molecule has 2 aromatic heterocycles. The van der Waals surface area contributed by atoms with E-state index < -0.39 is 0 Å². The number of methoxy groups -OCH3 is 2. The molecule has 0 atom stereocenters. The zero-order valence-electron chi connectivity index (χ0n) is 17.8.